The summed E-state index contributed by atoms with van der Waals surface area (Å²) in [5.41, 5.74) is 1.83. The minimum Gasteiger partial charge on any atom is -0.487 e. The minimum absolute atomic E-state index is 0.0720. The highest BCUT2D eigenvalue weighted by atomic mass is 32.2. The number of nitrogens with zero attached hydrogens (tertiary/aromatic N) is 2. The van der Waals surface area contributed by atoms with Crippen LogP contribution >= 0.6 is 0 Å². The van der Waals surface area contributed by atoms with E-state index in [1.165, 1.54) is 4.31 Å². The molecule has 4 rings (SSSR count). The summed E-state index contributed by atoms with van der Waals surface area (Å²) >= 11 is 0. The van der Waals surface area contributed by atoms with E-state index >= 15 is 0 Å². The maximum absolute atomic E-state index is 13.6. The number of aliphatic hydroxyl groups excluding tert-OH is 1. The molecule has 2 aromatic carbocycles. The van der Waals surface area contributed by atoms with Crippen molar-refractivity contribution >= 4 is 28.1 Å². The van der Waals surface area contributed by atoms with Crippen LogP contribution in [0.2, 0.25) is 0 Å². The first-order chi connectivity index (χ1) is 16.7. The number of benzene rings is 2. The molecule has 0 aromatic heterocycles. The van der Waals surface area contributed by atoms with E-state index in [9.17, 15) is 18.3 Å². The van der Waals surface area contributed by atoms with Crippen molar-refractivity contribution in [3.63, 3.8) is 0 Å². The molecule has 0 bridgehead atoms. The molecule has 0 unspecified atom stereocenters. The van der Waals surface area contributed by atoms with Gasteiger partial charge in [-0.3, -0.25) is 4.79 Å². The molecule has 8 heteroatoms. The number of carbonyl (C=O) groups is 1. The summed E-state index contributed by atoms with van der Waals surface area (Å²) in [6.45, 7) is 3.89. The van der Waals surface area contributed by atoms with Gasteiger partial charge in [-0.1, -0.05) is 55.5 Å². The Morgan fingerprint density at radius 2 is 1.86 bits per heavy atom. The number of hydrogen-bond acceptors (Lipinski definition) is 5. The predicted octanol–water partition coefficient (Wildman–Crippen LogP) is 3.49. The molecular weight excluding hydrogens is 464 g/mol. The van der Waals surface area contributed by atoms with Crippen molar-refractivity contribution in [3.8, 4) is 5.75 Å². The first-order valence-corrected chi connectivity index (χ1v) is 13.6. The molecule has 1 aliphatic heterocycles. The highest BCUT2D eigenvalue weighted by Gasteiger charge is 2.39. The van der Waals surface area contributed by atoms with E-state index in [1.807, 2.05) is 49.4 Å². The van der Waals surface area contributed by atoms with Crippen molar-refractivity contribution in [2.75, 3.05) is 26.7 Å². The van der Waals surface area contributed by atoms with Crippen LogP contribution in [0.15, 0.2) is 53.4 Å². The second-order valence-electron chi connectivity index (χ2n) is 9.68. The molecule has 1 amide bonds. The summed E-state index contributed by atoms with van der Waals surface area (Å²) in [7, 11) is -2.12. The van der Waals surface area contributed by atoms with Crippen LogP contribution in [-0.4, -0.2) is 67.5 Å². The van der Waals surface area contributed by atoms with Crippen molar-refractivity contribution in [3.05, 3.63) is 59.7 Å². The number of sulfonamides is 1. The van der Waals surface area contributed by atoms with Crippen LogP contribution in [-0.2, 0) is 14.8 Å². The Kier molecular flexibility index (Phi) is 7.64. The van der Waals surface area contributed by atoms with Crippen LogP contribution in [0.5, 0.6) is 5.75 Å². The molecule has 7 nitrogen and oxygen atoms in total. The molecule has 0 radical (unpaired) electrons. The molecule has 1 aliphatic carbocycles. The van der Waals surface area contributed by atoms with Crippen LogP contribution in [0.3, 0.4) is 0 Å². The third kappa shape index (κ3) is 5.77. The zero-order valence-corrected chi connectivity index (χ0v) is 21.3. The largest absolute Gasteiger partial charge is 0.487 e. The third-order valence-electron chi connectivity index (χ3n) is 6.72. The number of carbonyl (C=O) groups excluding carboxylic acids is 1. The Bertz CT molecular complexity index is 1180. The molecule has 1 saturated carbocycles. The van der Waals surface area contributed by atoms with Gasteiger partial charge in [0.2, 0.25) is 15.9 Å². The number of likely N-dealkylation sites (N-methyl/N-ethyl adjacent to an activating group) is 1. The fourth-order valence-electron chi connectivity index (χ4n) is 4.32. The van der Waals surface area contributed by atoms with Gasteiger partial charge in [0.25, 0.3) is 0 Å². The number of aliphatic hydroxyl groups is 1. The molecule has 1 N–H and O–H groups in total. The summed E-state index contributed by atoms with van der Waals surface area (Å²) in [6, 6.07) is 14.3. The summed E-state index contributed by atoms with van der Waals surface area (Å²) in [6.07, 6.45) is 5.31. The molecule has 2 aliphatic rings. The second-order valence-corrected chi connectivity index (χ2v) is 11.5. The van der Waals surface area contributed by atoms with Crippen molar-refractivity contribution in [2.45, 2.75) is 43.7 Å². The predicted molar refractivity (Wildman–Crippen MR) is 136 cm³/mol. The molecular formula is C27H34N2O5S. The molecule has 1 heterocycles. The fraction of sp³-hybridized carbons (Fsp3) is 0.444. The standard InChI is InChI=1S/C27H34N2O5S/c1-19-16-29(20(2)18-30)35(32,33)26-14-11-22(10-9-21-7-5-4-6-8-21)15-24(26)34-25(19)17-28(3)27(31)23-12-13-23/h4-11,14-15,19-20,23,25,30H,12-13,16-18H2,1-3H3/b10-9+/t19-,20-,25-/m1/s1. The van der Waals surface area contributed by atoms with Gasteiger partial charge in [-0.25, -0.2) is 8.42 Å². The van der Waals surface area contributed by atoms with E-state index in [2.05, 4.69) is 0 Å². The third-order valence-corrected chi connectivity index (χ3v) is 8.74. The first kappa shape index (κ1) is 25.4. The minimum atomic E-state index is -3.90. The van der Waals surface area contributed by atoms with Crippen molar-refractivity contribution in [2.24, 2.45) is 11.8 Å². The maximum atomic E-state index is 13.6. The highest BCUT2D eigenvalue weighted by Crippen LogP contribution is 2.35. The topological polar surface area (TPSA) is 87.2 Å². The van der Waals surface area contributed by atoms with Gasteiger partial charge in [0.05, 0.1) is 13.2 Å². The van der Waals surface area contributed by atoms with E-state index in [4.69, 9.17) is 4.74 Å². The molecule has 1 fully saturated rings. The number of hydrogen-bond donors (Lipinski definition) is 1. The molecule has 0 spiro atoms. The van der Waals surface area contributed by atoms with Gasteiger partial charge in [0.15, 0.2) is 0 Å². The Morgan fingerprint density at radius 1 is 1.17 bits per heavy atom. The van der Waals surface area contributed by atoms with Gasteiger partial charge in [0, 0.05) is 31.5 Å². The van der Waals surface area contributed by atoms with Crippen LogP contribution in [0, 0.1) is 11.8 Å². The average Bonchev–Trinajstić information content (AvgIpc) is 3.70. The zero-order valence-electron chi connectivity index (χ0n) is 20.5. The first-order valence-electron chi connectivity index (χ1n) is 12.1. The zero-order chi connectivity index (χ0) is 25.2. The maximum Gasteiger partial charge on any atom is 0.247 e. The van der Waals surface area contributed by atoms with Crippen molar-refractivity contribution < 1.29 is 23.1 Å². The SMILES string of the molecule is C[C@@H]1CN([C@H](C)CO)S(=O)(=O)c2ccc(/C=C/c3ccccc3)cc2O[C@@H]1CN(C)C(=O)C1CC1. The number of rotatable bonds is 7. The summed E-state index contributed by atoms with van der Waals surface area (Å²) in [5.74, 6) is 0.261. The Labute approximate surface area is 208 Å². The molecule has 0 saturated heterocycles. The van der Waals surface area contributed by atoms with Gasteiger partial charge in [-0.05, 0) is 43.0 Å². The van der Waals surface area contributed by atoms with E-state index in [-0.39, 0.29) is 41.5 Å². The van der Waals surface area contributed by atoms with E-state index in [1.54, 1.807) is 37.1 Å². The van der Waals surface area contributed by atoms with E-state index in [0.29, 0.717) is 6.54 Å². The molecule has 188 valence electrons. The van der Waals surface area contributed by atoms with Crippen LogP contribution in [0.1, 0.15) is 37.8 Å². The number of amides is 1. The smallest absolute Gasteiger partial charge is 0.247 e. The molecule has 3 atom stereocenters. The Balaban J connectivity index is 1.70. The average molecular weight is 499 g/mol. The highest BCUT2D eigenvalue weighted by molar-refractivity contribution is 7.89. The molecule has 35 heavy (non-hydrogen) atoms. The summed E-state index contributed by atoms with van der Waals surface area (Å²) < 4.78 is 34.9. The van der Waals surface area contributed by atoms with Gasteiger partial charge in [0.1, 0.15) is 16.7 Å². The Morgan fingerprint density at radius 3 is 2.51 bits per heavy atom. The lowest BCUT2D eigenvalue weighted by Gasteiger charge is -2.37. The molecule has 2 aromatic rings. The summed E-state index contributed by atoms with van der Waals surface area (Å²) in [5, 5.41) is 9.79. The van der Waals surface area contributed by atoms with Gasteiger partial charge in [-0.2, -0.15) is 4.31 Å². The summed E-state index contributed by atoms with van der Waals surface area (Å²) in [4.78, 5) is 14.4. The van der Waals surface area contributed by atoms with Crippen molar-refractivity contribution in [1.82, 2.24) is 9.21 Å². The quantitative estimate of drug-likeness (QED) is 0.591. The Hall–Kier alpha value is -2.68. The fourth-order valence-corrected chi connectivity index (χ4v) is 6.15. The van der Waals surface area contributed by atoms with Gasteiger partial charge < -0.3 is 14.7 Å². The van der Waals surface area contributed by atoms with Crippen LogP contribution < -0.4 is 4.74 Å². The lowest BCUT2D eigenvalue weighted by atomic mass is 10.0. The van der Waals surface area contributed by atoms with Crippen LogP contribution in [0.4, 0.5) is 0 Å². The normalized spacial score (nSPS) is 23.1. The van der Waals surface area contributed by atoms with Crippen molar-refractivity contribution in [1.29, 1.82) is 0 Å². The van der Waals surface area contributed by atoms with Gasteiger partial charge >= 0.3 is 0 Å². The lowest BCUT2D eigenvalue weighted by molar-refractivity contribution is -0.132. The van der Waals surface area contributed by atoms with Gasteiger partial charge in [-0.15, -0.1) is 0 Å². The lowest BCUT2D eigenvalue weighted by Crippen LogP contribution is -2.50. The number of fused-ring (bicyclic) bond motifs is 1. The monoisotopic (exact) mass is 498 g/mol. The van der Waals surface area contributed by atoms with E-state index in [0.717, 1.165) is 24.0 Å². The van der Waals surface area contributed by atoms with Crippen LogP contribution in [0.25, 0.3) is 12.2 Å². The number of ether oxygens (including phenoxy) is 1. The van der Waals surface area contributed by atoms with E-state index < -0.39 is 22.2 Å². The second kappa shape index (κ2) is 10.5.